The summed E-state index contributed by atoms with van der Waals surface area (Å²) in [5.41, 5.74) is 4.13. The van der Waals surface area contributed by atoms with Crippen LogP contribution in [-0.4, -0.2) is 19.3 Å². The molecule has 2 nitrogen and oxygen atoms in total. The van der Waals surface area contributed by atoms with E-state index in [-0.39, 0.29) is 0 Å². The van der Waals surface area contributed by atoms with E-state index in [0.717, 1.165) is 19.7 Å². The number of ether oxygens (including phenoxy) is 1. The molecule has 1 aromatic carbocycles. The van der Waals surface area contributed by atoms with Crippen molar-refractivity contribution >= 4 is 0 Å². The van der Waals surface area contributed by atoms with Crippen molar-refractivity contribution in [3.8, 4) is 0 Å². The zero-order valence-corrected chi connectivity index (χ0v) is 11.1. The Bertz CT molecular complexity index is 375. The zero-order chi connectivity index (χ0) is 12.3. The summed E-state index contributed by atoms with van der Waals surface area (Å²) >= 11 is 0. The Morgan fingerprint density at radius 2 is 2.18 bits per heavy atom. The smallest absolute Gasteiger partial charge is 0.0588 e. The minimum atomic E-state index is 0.418. The molecule has 2 rings (SSSR count). The molecule has 1 aromatic rings. The van der Waals surface area contributed by atoms with Crippen LogP contribution in [0, 0.1) is 19.8 Å². The topological polar surface area (TPSA) is 21.3 Å². The molecule has 1 heterocycles. The molecular weight excluding hydrogens is 210 g/mol. The van der Waals surface area contributed by atoms with Gasteiger partial charge in [-0.05, 0) is 44.2 Å². The molecule has 1 aliphatic heterocycles. The van der Waals surface area contributed by atoms with Crippen molar-refractivity contribution in [3.05, 3.63) is 34.9 Å². The van der Waals surface area contributed by atoms with E-state index in [1.165, 1.54) is 23.1 Å². The molecule has 2 heteroatoms. The zero-order valence-electron chi connectivity index (χ0n) is 11.1. The van der Waals surface area contributed by atoms with E-state index in [0.29, 0.717) is 12.0 Å². The molecule has 0 amide bonds. The van der Waals surface area contributed by atoms with Crippen LogP contribution in [0.2, 0.25) is 0 Å². The number of benzene rings is 1. The van der Waals surface area contributed by atoms with Crippen LogP contribution in [0.3, 0.4) is 0 Å². The Kier molecular flexibility index (Phi) is 4.19. The van der Waals surface area contributed by atoms with Gasteiger partial charge in [-0.25, -0.2) is 0 Å². The first kappa shape index (κ1) is 12.6. The minimum absolute atomic E-state index is 0.418. The van der Waals surface area contributed by atoms with Gasteiger partial charge in [-0.1, -0.05) is 23.8 Å². The van der Waals surface area contributed by atoms with E-state index in [1.807, 2.05) is 0 Å². The summed E-state index contributed by atoms with van der Waals surface area (Å²) < 4.78 is 5.57. The highest BCUT2D eigenvalue weighted by Gasteiger charge is 2.23. The molecule has 17 heavy (non-hydrogen) atoms. The first-order valence-corrected chi connectivity index (χ1v) is 6.55. The second-order valence-electron chi connectivity index (χ2n) is 5.19. The lowest BCUT2D eigenvalue weighted by Gasteiger charge is -2.15. The maximum Gasteiger partial charge on any atom is 0.0588 e. The van der Waals surface area contributed by atoms with E-state index >= 15 is 0 Å². The molecule has 0 radical (unpaired) electrons. The maximum atomic E-state index is 5.57. The summed E-state index contributed by atoms with van der Waals surface area (Å²) in [6.07, 6.45) is 1.61. The van der Waals surface area contributed by atoms with Crippen LogP contribution in [0.25, 0.3) is 0 Å². The quantitative estimate of drug-likeness (QED) is 0.863. The minimum Gasteiger partial charge on any atom is -0.378 e. The number of nitrogens with one attached hydrogen (secondary N) is 1. The van der Waals surface area contributed by atoms with E-state index in [2.05, 4.69) is 44.3 Å². The summed E-state index contributed by atoms with van der Waals surface area (Å²) in [5, 5.41) is 3.56. The summed E-state index contributed by atoms with van der Waals surface area (Å²) in [4.78, 5) is 0. The van der Waals surface area contributed by atoms with Crippen molar-refractivity contribution in [2.24, 2.45) is 5.92 Å². The largest absolute Gasteiger partial charge is 0.378 e. The van der Waals surface area contributed by atoms with Gasteiger partial charge in [0.2, 0.25) is 0 Å². The van der Waals surface area contributed by atoms with Gasteiger partial charge < -0.3 is 10.1 Å². The summed E-state index contributed by atoms with van der Waals surface area (Å²) in [7, 11) is 0. The number of hydrogen-bond acceptors (Lipinski definition) is 2. The summed E-state index contributed by atoms with van der Waals surface area (Å²) in [5.74, 6) is 0.681. The van der Waals surface area contributed by atoms with Crippen molar-refractivity contribution < 1.29 is 4.74 Å². The highest BCUT2D eigenvalue weighted by atomic mass is 16.5. The summed E-state index contributed by atoms with van der Waals surface area (Å²) in [6.45, 7) is 9.47. The Balaban J connectivity index is 1.83. The van der Waals surface area contributed by atoms with Gasteiger partial charge in [0.1, 0.15) is 0 Å². The third kappa shape index (κ3) is 3.30. The van der Waals surface area contributed by atoms with Gasteiger partial charge in [0.15, 0.2) is 0 Å². The monoisotopic (exact) mass is 233 g/mol. The molecule has 0 saturated carbocycles. The molecule has 1 saturated heterocycles. The average molecular weight is 233 g/mol. The van der Waals surface area contributed by atoms with Crippen LogP contribution in [0.5, 0.6) is 0 Å². The predicted octanol–water partition coefficient (Wildman–Crippen LogP) is 2.82. The van der Waals surface area contributed by atoms with Crippen LogP contribution in [0.4, 0.5) is 0 Å². The van der Waals surface area contributed by atoms with Crippen LogP contribution < -0.4 is 5.32 Å². The second kappa shape index (κ2) is 5.65. The second-order valence-corrected chi connectivity index (χ2v) is 5.19. The van der Waals surface area contributed by atoms with Crippen LogP contribution in [-0.2, 0) is 11.3 Å². The molecule has 0 spiro atoms. The first-order chi connectivity index (χ1) is 8.16. The van der Waals surface area contributed by atoms with E-state index < -0.39 is 0 Å². The molecule has 0 aliphatic carbocycles. The van der Waals surface area contributed by atoms with Crippen LogP contribution in [0.1, 0.15) is 30.0 Å². The first-order valence-electron chi connectivity index (χ1n) is 6.55. The van der Waals surface area contributed by atoms with Crippen molar-refractivity contribution in [2.45, 2.75) is 39.8 Å². The molecule has 2 unspecified atom stereocenters. The molecular formula is C15H23NO. The normalized spacial score (nSPS) is 24.2. The fourth-order valence-corrected chi connectivity index (χ4v) is 2.43. The lowest BCUT2D eigenvalue weighted by molar-refractivity contribution is 0.105. The molecule has 0 aromatic heterocycles. The Morgan fingerprint density at radius 3 is 2.88 bits per heavy atom. The molecule has 1 fully saturated rings. The maximum absolute atomic E-state index is 5.57. The fraction of sp³-hybridized carbons (Fsp3) is 0.600. The van der Waals surface area contributed by atoms with Crippen LogP contribution in [0.15, 0.2) is 18.2 Å². The highest BCUT2D eigenvalue weighted by molar-refractivity contribution is 5.30. The van der Waals surface area contributed by atoms with Gasteiger partial charge in [-0.3, -0.25) is 0 Å². The van der Waals surface area contributed by atoms with Crippen LogP contribution >= 0.6 is 0 Å². The Morgan fingerprint density at radius 1 is 1.35 bits per heavy atom. The predicted molar refractivity (Wildman–Crippen MR) is 71.1 cm³/mol. The van der Waals surface area contributed by atoms with Crippen molar-refractivity contribution in [1.82, 2.24) is 5.32 Å². The number of hydrogen-bond donors (Lipinski definition) is 1. The Hall–Kier alpha value is -0.860. The van der Waals surface area contributed by atoms with Gasteiger partial charge in [0.05, 0.1) is 6.10 Å². The average Bonchev–Trinajstić information content (AvgIpc) is 2.70. The van der Waals surface area contributed by atoms with Crippen molar-refractivity contribution in [1.29, 1.82) is 0 Å². The van der Waals surface area contributed by atoms with E-state index in [4.69, 9.17) is 4.74 Å². The van der Waals surface area contributed by atoms with Gasteiger partial charge in [-0.15, -0.1) is 0 Å². The molecule has 0 bridgehead atoms. The van der Waals surface area contributed by atoms with Crippen molar-refractivity contribution in [3.63, 3.8) is 0 Å². The van der Waals surface area contributed by atoms with E-state index in [1.54, 1.807) is 0 Å². The number of rotatable bonds is 4. The van der Waals surface area contributed by atoms with Gasteiger partial charge in [0, 0.05) is 19.7 Å². The van der Waals surface area contributed by atoms with Gasteiger partial charge in [0.25, 0.3) is 0 Å². The Labute approximate surface area is 104 Å². The van der Waals surface area contributed by atoms with Gasteiger partial charge >= 0.3 is 0 Å². The fourth-order valence-electron chi connectivity index (χ4n) is 2.43. The molecule has 94 valence electrons. The lowest BCUT2D eigenvalue weighted by atomic mass is 10.0. The van der Waals surface area contributed by atoms with Gasteiger partial charge in [-0.2, -0.15) is 0 Å². The third-order valence-electron chi connectivity index (χ3n) is 3.76. The number of aryl methyl sites for hydroxylation is 2. The SMILES string of the molecule is Cc1ccc(C)c(CNCC2CCOC2C)c1. The molecule has 1 aliphatic rings. The molecule has 2 atom stereocenters. The summed E-state index contributed by atoms with van der Waals surface area (Å²) in [6, 6.07) is 6.65. The van der Waals surface area contributed by atoms with Crippen molar-refractivity contribution in [2.75, 3.05) is 13.2 Å². The third-order valence-corrected chi connectivity index (χ3v) is 3.76. The highest BCUT2D eigenvalue weighted by Crippen LogP contribution is 2.19. The lowest BCUT2D eigenvalue weighted by Crippen LogP contribution is -2.26. The standard InChI is InChI=1S/C15H23NO/c1-11-4-5-12(2)15(8-11)10-16-9-14-6-7-17-13(14)3/h4-5,8,13-14,16H,6-7,9-10H2,1-3H3. The molecule has 1 N–H and O–H groups in total. The van der Waals surface area contributed by atoms with E-state index in [9.17, 15) is 0 Å².